The molecule has 238 valence electrons. The molecule has 0 saturated heterocycles. The van der Waals surface area contributed by atoms with E-state index in [1.807, 2.05) is 91.0 Å². The molecule has 11 nitrogen and oxygen atoms in total. The van der Waals surface area contributed by atoms with Gasteiger partial charge in [0.05, 0.1) is 35.8 Å². The van der Waals surface area contributed by atoms with Gasteiger partial charge in [-0.15, -0.1) is 0 Å². The van der Waals surface area contributed by atoms with Gasteiger partial charge < -0.3 is 39.4 Å². The summed E-state index contributed by atoms with van der Waals surface area (Å²) in [5.74, 6) is 2.12. The number of hydrogen-bond acceptors (Lipinski definition) is 9. The summed E-state index contributed by atoms with van der Waals surface area (Å²) in [5, 5.41) is 3.17. The van der Waals surface area contributed by atoms with E-state index in [9.17, 15) is 4.79 Å². The zero-order valence-corrected chi connectivity index (χ0v) is 30.3. The standard InChI is InChI=1S/C38H26N8O3.Zn/c1-38(2,37(47)48-3)19-49-20-16-17-27-28(18-20)36-45-34-26-15-9-8-14-25(26)32(43-34)41-30-22-11-5-4-10-21(22)29(39-30)40-31-23-12-6-7-13-24(23)33(42-31)44-35(27)46-36;/h4-18H,19H2,1-3H3;/q-2;+2. The molecule has 0 radical (unpaired) electrons. The Balaban J connectivity index is 0.00000361. The Labute approximate surface area is 298 Å². The van der Waals surface area contributed by atoms with Crippen LogP contribution in [0.4, 0.5) is 0 Å². The average molecular weight is 708 g/mol. The number of rotatable bonds is 4. The predicted molar refractivity (Wildman–Crippen MR) is 185 cm³/mol. The molecule has 12 heteroatoms. The Bertz CT molecular complexity index is 2680. The Hall–Kier alpha value is -5.87. The van der Waals surface area contributed by atoms with Gasteiger partial charge >= 0.3 is 25.4 Å². The topological polar surface area (TPSA) is 141 Å². The van der Waals surface area contributed by atoms with Crippen LogP contribution in [-0.2, 0) is 29.0 Å². The number of carbonyl (C=O) groups excluding carboxylic acids is 1. The summed E-state index contributed by atoms with van der Waals surface area (Å²) in [6.45, 7) is 3.67. The van der Waals surface area contributed by atoms with Crippen molar-refractivity contribution in [1.29, 1.82) is 0 Å². The first-order valence-electron chi connectivity index (χ1n) is 15.7. The zero-order chi connectivity index (χ0) is 33.3. The van der Waals surface area contributed by atoms with Gasteiger partial charge in [0.25, 0.3) is 0 Å². The summed E-state index contributed by atoms with van der Waals surface area (Å²) in [5.41, 5.74) is 4.35. The van der Waals surface area contributed by atoms with Crippen LogP contribution in [0.3, 0.4) is 0 Å². The molecule has 5 heterocycles. The van der Waals surface area contributed by atoms with Crippen LogP contribution in [0.1, 0.15) is 13.8 Å². The molecule has 50 heavy (non-hydrogen) atoms. The molecule has 3 aromatic heterocycles. The van der Waals surface area contributed by atoms with E-state index in [2.05, 4.69) is 0 Å². The van der Waals surface area contributed by atoms with Crippen LogP contribution in [0.2, 0.25) is 0 Å². The van der Waals surface area contributed by atoms with E-state index in [1.54, 1.807) is 13.8 Å². The maximum atomic E-state index is 12.3. The van der Waals surface area contributed by atoms with Crippen LogP contribution in [0.5, 0.6) is 5.75 Å². The van der Waals surface area contributed by atoms with E-state index >= 15 is 0 Å². The Morgan fingerprint density at radius 2 is 0.980 bits per heavy atom. The van der Waals surface area contributed by atoms with Crippen molar-refractivity contribution in [2.75, 3.05) is 13.7 Å². The van der Waals surface area contributed by atoms with Crippen molar-refractivity contribution in [2.24, 2.45) is 5.41 Å². The van der Waals surface area contributed by atoms with Crippen molar-refractivity contribution < 1.29 is 33.7 Å². The predicted octanol–water partition coefficient (Wildman–Crippen LogP) is 6.70. The second kappa shape index (κ2) is 11.9. The second-order valence-corrected chi connectivity index (χ2v) is 12.5. The summed E-state index contributed by atoms with van der Waals surface area (Å²) >= 11 is 0. The summed E-state index contributed by atoms with van der Waals surface area (Å²) < 4.78 is 11.1. The SMILES string of the molecule is COC(=O)C(C)(C)COc1ccc2c3nc4nc(nc5[n-]c(nc6nc(nc([n-]3)c2c1)-c1ccccc1-6)c1ccccc51)-c1ccccc1-4.[Zn+2]. The number of ether oxygens (including phenoxy) is 2. The Morgan fingerprint density at radius 1 is 0.580 bits per heavy atom. The number of benzene rings is 4. The first kappa shape index (κ1) is 31.4. The van der Waals surface area contributed by atoms with Crippen LogP contribution < -0.4 is 14.7 Å². The summed E-state index contributed by atoms with van der Waals surface area (Å²) in [4.78, 5) is 51.9. The number of hydrogen-bond donors (Lipinski definition) is 0. The first-order valence-corrected chi connectivity index (χ1v) is 15.7. The van der Waals surface area contributed by atoms with Crippen molar-refractivity contribution in [1.82, 2.24) is 39.9 Å². The van der Waals surface area contributed by atoms with E-state index in [-0.39, 0.29) is 32.1 Å². The van der Waals surface area contributed by atoms with E-state index in [4.69, 9.17) is 49.3 Å². The zero-order valence-electron chi connectivity index (χ0n) is 27.4. The minimum atomic E-state index is -0.848. The van der Waals surface area contributed by atoms with Gasteiger partial charge in [-0.2, -0.15) is 0 Å². The van der Waals surface area contributed by atoms with E-state index < -0.39 is 5.41 Å². The largest absolute Gasteiger partial charge is 2.00 e. The van der Waals surface area contributed by atoms with Gasteiger partial charge in [-0.05, 0) is 53.6 Å². The smallest absolute Gasteiger partial charge is 0.492 e. The fraction of sp³-hybridized carbons (Fsp3) is 0.132. The first-order chi connectivity index (χ1) is 23.9. The fourth-order valence-electron chi connectivity index (χ4n) is 6.18. The van der Waals surface area contributed by atoms with Crippen molar-refractivity contribution in [3.63, 3.8) is 0 Å². The molecule has 4 aromatic carbocycles. The molecule has 0 saturated carbocycles. The van der Waals surface area contributed by atoms with E-state index in [0.717, 1.165) is 38.4 Å². The molecule has 2 aliphatic heterocycles. The van der Waals surface area contributed by atoms with Crippen molar-refractivity contribution in [3.05, 3.63) is 91.0 Å². The molecule has 0 atom stereocenters. The number of methoxy groups -OCH3 is 1. The van der Waals surface area contributed by atoms with Crippen LogP contribution in [0.15, 0.2) is 91.0 Å². The number of carbonyl (C=O) groups is 1. The summed E-state index contributed by atoms with van der Waals surface area (Å²) in [6, 6.07) is 29.1. The quantitative estimate of drug-likeness (QED) is 0.142. The molecule has 8 bridgehead atoms. The third kappa shape index (κ3) is 5.11. The van der Waals surface area contributed by atoms with Crippen LogP contribution in [0, 0.1) is 5.41 Å². The molecule has 7 aromatic rings. The number of nitrogens with zero attached hydrogens (tertiary/aromatic N) is 8. The molecule has 9 rings (SSSR count). The monoisotopic (exact) mass is 706 g/mol. The number of fused-ring (bicyclic) bond motifs is 20. The third-order valence-corrected chi connectivity index (χ3v) is 8.73. The molecule has 2 aliphatic rings. The van der Waals surface area contributed by atoms with Gasteiger partial charge in [-0.3, -0.25) is 4.79 Å². The molecule has 0 fully saturated rings. The maximum Gasteiger partial charge on any atom is 2.00 e. The molecule has 0 unspecified atom stereocenters. The minimum Gasteiger partial charge on any atom is -0.492 e. The van der Waals surface area contributed by atoms with Crippen LogP contribution in [0.25, 0.3) is 89.7 Å². The van der Waals surface area contributed by atoms with Crippen molar-refractivity contribution in [3.8, 4) is 51.3 Å². The molecule has 0 amide bonds. The average Bonchev–Trinajstić information content (AvgIpc) is 3.86. The van der Waals surface area contributed by atoms with Gasteiger partial charge in [0, 0.05) is 44.8 Å². The molecular formula is C38H26N8O3Zn. The molecule has 0 aliphatic carbocycles. The van der Waals surface area contributed by atoms with Gasteiger partial charge in [-0.25, -0.2) is 9.97 Å². The van der Waals surface area contributed by atoms with Gasteiger partial charge in [0.1, 0.15) is 12.4 Å². The Morgan fingerprint density at radius 3 is 1.42 bits per heavy atom. The molecule has 0 N–H and O–H groups in total. The van der Waals surface area contributed by atoms with Gasteiger partial charge in [0.15, 0.2) is 0 Å². The fourth-order valence-corrected chi connectivity index (χ4v) is 6.18. The van der Waals surface area contributed by atoms with Crippen LogP contribution in [-0.4, -0.2) is 49.6 Å². The van der Waals surface area contributed by atoms with E-state index in [0.29, 0.717) is 57.0 Å². The molecule has 0 spiro atoms. The normalized spacial score (nSPS) is 11.9. The van der Waals surface area contributed by atoms with Crippen molar-refractivity contribution in [2.45, 2.75) is 13.8 Å². The van der Waals surface area contributed by atoms with Crippen LogP contribution >= 0.6 is 0 Å². The summed E-state index contributed by atoms with van der Waals surface area (Å²) in [6.07, 6.45) is 0. The Kier molecular flexibility index (Phi) is 7.49. The van der Waals surface area contributed by atoms with Crippen molar-refractivity contribution >= 4 is 50.1 Å². The van der Waals surface area contributed by atoms with Gasteiger partial charge in [-0.1, -0.05) is 72.8 Å². The molecular weight excluding hydrogens is 682 g/mol. The third-order valence-electron chi connectivity index (χ3n) is 8.73. The second-order valence-electron chi connectivity index (χ2n) is 12.5. The number of aromatic nitrogens is 8. The summed E-state index contributed by atoms with van der Waals surface area (Å²) in [7, 11) is 1.37. The minimum absolute atomic E-state index is 0. The van der Waals surface area contributed by atoms with Gasteiger partial charge in [0.2, 0.25) is 0 Å². The number of esters is 1. The maximum absolute atomic E-state index is 12.3. The van der Waals surface area contributed by atoms with E-state index in [1.165, 1.54) is 7.11 Å².